The minimum atomic E-state index is -0.935. The van der Waals surface area contributed by atoms with Crippen LogP contribution < -0.4 is 0 Å². The molecule has 0 aromatic carbocycles. The molecule has 0 spiro atoms. The van der Waals surface area contributed by atoms with Crippen LogP contribution in [0.1, 0.15) is 13.8 Å². The monoisotopic (exact) mass is 268 g/mol. The highest BCUT2D eigenvalue weighted by atomic mass is 16.5. The van der Waals surface area contributed by atoms with Crippen molar-refractivity contribution in [1.29, 1.82) is 0 Å². The Bertz CT molecular complexity index is 176. The maximum atomic E-state index is 9.60. The lowest BCUT2D eigenvalue weighted by molar-refractivity contribution is -0.132. The minimum absolute atomic E-state index is 0.0278. The van der Waals surface area contributed by atoms with E-state index in [1.807, 2.05) is 0 Å². The van der Waals surface area contributed by atoms with Gasteiger partial charge in [-0.2, -0.15) is 0 Å². The van der Waals surface area contributed by atoms with E-state index in [2.05, 4.69) is 11.3 Å². The van der Waals surface area contributed by atoms with E-state index in [-0.39, 0.29) is 25.4 Å². The first-order valence-corrected chi connectivity index (χ1v) is 5.30. The first kappa shape index (κ1) is 22.2. The van der Waals surface area contributed by atoms with Crippen LogP contribution in [0, 0.1) is 0 Å². The maximum Gasteiger partial charge on any atom is 0.330 e. The average molecular weight is 268 g/mol. The van der Waals surface area contributed by atoms with E-state index in [9.17, 15) is 4.79 Å². The van der Waals surface area contributed by atoms with Gasteiger partial charge in [0.05, 0.1) is 39.1 Å². The van der Waals surface area contributed by atoms with Gasteiger partial charge in [-0.15, -0.1) is 0 Å². The first-order chi connectivity index (χ1) is 8.33. The quantitative estimate of drug-likeness (QED) is 0.308. The molecule has 0 aliphatic carbocycles. The summed E-state index contributed by atoms with van der Waals surface area (Å²) in [5, 5.41) is 40.1. The van der Waals surface area contributed by atoms with Gasteiger partial charge in [-0.3, -0.25) is 0 Å². The highest BCUT2D eigenvalue weighted by Crippen LogP contribution is 1.81. The standard InChI is InChI=1S/C4H10O3.C4H6O2.C3H8O2/c5-1-3-7-4-2-6;1-3(2)4(5)6;1-3(5)2-4/h5-6H,1-4H2;1H2,2H3,(H,5,6);3-5H,2H2,1H3. The molecule has 7 nitrogen and oxygen atoms in total. The molecule has 0 fully saturated rings. The van der Waals surface area contributed by atoms with E-state index < -0.39 is 12.1 Å². The summed E-state index contributed by atoms with van der Waals surface area (Å²) in [6.07, 6.45) is -0.560. The van der Waals surface area contributed by atoms with E-state index >= 15 is 0 Å². The van der Waals surface area contributed by atoms with Crippen molar-refractivity contribution in [1.82, 2.24) is 0 Å². The molecule has 0 saturated carbocycles. The van der Waals surface area contributed by atoms with E-state index in [4.69, 9.17) is 25.5 Å². The summed E-state index contributed by atoms with van der Waals surface area (Å²) in [5.41, 5.74) is 0.176. The Morgan fingerprint density at radius 1 is 1.22 bits per heavy atom. The van der Waals surface area contributed by atoms with Crippen molar-refractivity contribution in [3.63, 3.8) is 0 Å². The van der Waals surface area contributed by atoms with Gasteiger partial charge in [0.15, 0.2) is 0 Å². The van der Waals surface area contributed by atoms with Crippen LogP contribution in [0.2, 0.25) is 0 Å². The van der Waals surface area contributed by atoms with Gasteiger partial charge in [0.1, 0.15) is 0 Å². The molecular formula is C11H24O7. The molecule has 0 aromatic heterocycles. The molecular weight excluding hydrogens is 244 g/mol. The SMILES string of the molecule is C=C(C)C(=O)O.CC(O)CO.OCCOCCO. The number of carbonyl (C=O) groups is 1. The molecule has 0 heterocycles. The summed E-state index contributed by atoms with van der Waals surface area (Å²) in [6.45, 7) is 6.69. The Kier molecular flexibility index (Phi) is 22.7. The van der Waals surface area contributed by atoms with E-state index in [0.29, 0.717) is 13.2 Å². The van der Waals surface area contributed by atoms with Gasteiger partial charge in [0.2, 0.25) is 0 Å². The normalized spacial score (nSPS) is 10.3. The van der Waals surface area contributed by atoms with Crippen molar-refractivity contribution in [2.45, 2.75) is 20.0 Å². The van der Waals surface area contributed by atoms with Crippen molar-refractivity contribution < 1.29 is 35.1 Å². The van der Waals surface area contributed by atoms with Crippen LogP contribution in [0.5, 0.6) is 0 Å². The Labute approximate surface area is 107 Å². The third kappa shape index (κ3) is 36.3. The van der Waals surface area contributed by atoms with Crippen molar-refractivity contribution in [2.75, 3.05) is 33.0 Å². The number of aliphatic hydroxyl groups excluding tert-OH is 4. The molecule has 7 heteroatoms. The number of carboxylic acid groups (broad SMARTS) is 1. The highest BCUT2D eigenvalue weighted by Gasteiger charge is 1.90. The van der Waals surface area contributed by atoms with Gasteiger partial charge in [0.25, 0.3) is 0 Å². The first-order valence-electron chi connectivity index (χ1n) is 5.30. The highest BCUT2D eigenvalue weighted by molar-refractivity contribution is 5.84. The lowest BCUT2D eigenvalue weighted by atomic mass is 10.4. The predicted octanol–water partition coefficient (Wildman–Crippen LogP) is -1.01. The van der Waals surface area contributed by atoms with Gasteiger partial charge in [-0.25, -0.2) is 4.79 Å². The Hall–Kier alpha value is -0.990. The lowest BCUT2D eigenvalue weighted by Gasteiger charge is -1.94. The number of hydrogen-bond acceptors (Lipinski definition) is 6. The van der Waals surface area contributed by atoms with Crippen LogP contribution in [-0.4, -0.2) is 70.6 Å². The van der Waals surface area contributed by atoms with Crippen molar-refractivity contribution in [2.24, 2.45) is 0 Å². The van der Waals surface area contributed by atoms with Crippen LogP contribution in [0.4, 0.5) is 0 Å². The number of carboxylic acids is 1. The summed E-state index contributed by atoms with van der Waals surface area (Å²) in [4.78, 5) is 9.60. The molecule has 0 amide bonds. The summed E-state index contributed by atoms with van der Waals surface area (Å²) in [5.74, 6) is -0.935. The third-order valence-electron chi connectivity index (χ3n) is 1.10. The average Bonchev–Trinajstić information content (AvgIpc) is 2.31. The van der Waals surface area contributed by atoms with Gasteiger partial charge < -0.3 is 30.3 Å². The van der Waals surface area contributed by atoms with Crippen LogP contribution in [0.3, 0.4) is 0 Å². The van der Waals surface area contributed by atoms with Crippen molar-refractivity contribution >= 4 is 5.97 Å². The Balaban J connectivity index is -0.000000190. The fraction of sp³-hybridized carbons (Fsp3) is 0.727. The topological polar surface area (TPSA) is 127 Å². The summed E-state index contributed by atoms with van der Waals surface area (Å²) in [6, 6.07) is 0. The largest absolute Gasteiger partial charge is 0.478 e. The summed E-state index contributed by atoms with van der Waals surface area (Å²) >= 11 is 0. The van der Waals surface area contributed by atoms with Gasteiger partial charge in [0, 0.05) is 5.57 Å². The van der Waals surface area contributed by atoms with Crippen LogP contribution in [-0.2, 0) is 9.53 Å². The molecule has 0 aliphatic heterocycles. The smallest absolute Gasteiger partial charge is 0.330 e. The third-order valence-corrected chi connectivity index (χ3v) is 1.10. The van der Waals surface area contributed by atoms with E-state index in [1.54, 1.807) is 0 Å². The second-order valence-electron chi connectivity index (χ2n) is 3.18. The zero-order valence-electron chi connectivity index (χ0n) is 10.9. The second-order valence-corrected chi connectivity index (χ2v) is 3.18. The van der Waals surface area contributed by atoms with Crippen molar-refractivity contribution in [3.05, 3.63) is 12.2 Å². The number of hydrogen-bond donors (Lipinski definition) is 5. The van der Waals surface area contributed by atoms with Gasteiger partial charge in [-0.1, -0.05) is 6.58 Å². The van der Waals surface area contributed by atoms with Crippen LogP contribution >= 0.6 is 0 Å². The van der Waals surface area contributed by atoms with Crippen molar-refractivity contribution in [3.8, 4) is 0 Å². The molecule has 0 rings (SSSR count). The lowest BCUT2D eigenvalue weighted by Crippen LogP contribution is -2.03. The van der Waals surface area contributed by atoms with E-state index in [0.717, 1.165) is 0 Å². The number of rotatable bonds is 6. The molecule has 110 valence electrons. The molecule has 0 radical (unpaired) electrons. The van der Waals surface area contributed by atoms with Crippen LogP contribution in [0.25, 0.3) is 0 Å². The molecule has 0 aromatic rings. The molecule has 5 N–H and O–H groups in total. The minimum Gasteiger partial charge on any atom is -0.478 e. The second kappa shape index (κ2) is 18.4. The predicted molar refractivity (Wildman–Crippen MR) is 66.2 cm³/mol. The molecule has 1 atom stereocenters. The fourth-order valence-electron chi connectivity index (χ4n) is 0.231. The number of ether oxygens (including phenoxy) is 1. The van der Waals surface area contributed by atoms with Gasteiger partial charge >= 0.3 is 5.97 Å². The number of aliphatic carboxylic acids is 1. The Morgan fingerprint density at radius 3 is 1.61 bits per heavy atom. The van der Waals surface area contributed by atoms with E-state index in [1.165, 1.54) is 13.8 Å². The Morgan fingerprint density at radius 2 is 1.50 bits per heavy atom. The van der Waals surface area contributed by atoms with Crippen LogP contribution in [0.15, 0.2) is 12.2 Å². The van der Waals surface area contributed by atoms with Gasteiger partial charge in [-0.05, 0) is 13.8 Å². The zero-order chi connectivity index (χ0) is 15.0. The summed E-state index contributed by atoms with van der Waals surface area (Å²) in [7, 11) is 0. The molecule has 0 aliphatic rings. The maximum absolute atomic E-state index is 9.60. The molecule has 0 saturated heterocycles. The molecule has 0 bridgehead atoms. The molecule has 1 unspecified atom stereocenters. The zero-order valence-corrected chi connectivity index (χ0v) is 10.9. The summed E-state index contributed by atoms with van der Waals surface area (Å²) < 4.78 is 4.63. The molecule has 18 heavy (non-hydrogen) atoms. The number of aliphatic hydroxyl groups is 4. The fourth-order valence-corrected chi connectivity index (χ4v) is 0.231.